The van der Waals surface area contributed by atoms with E-state index in [1.807, 2.05) is 24.1 Å². The molecule has 14 heavy (non-hydrogen) atoms. The van der Waals surface area contributed by atoms with Crippen LogP contribution in [0.5, 0.6) is 5.88 Å². The van der Waals surface area contributed by atoms with Crippen molar-refractivity contribution in [3.63, 3.8) is 0 Å². The highest BCUT2D eigenvalue weighted by Gasteiger charge is 1.98. The minimum atomic E-state index is -0.319. The van der Waals surface area contributed by atoms with Crippen molar-refractivity contribution in [3.05, 3.63) is 24.4 Å². The van der Waals surface area contributed by atoms with Gasteiger partial charge in [-0.1, -0.05) is 6.07 Å². The minimum absolute atomic E-state index is 0.319. The zero-order chi connectivity index (χ0) is 10.2. The Morgan fingerprint density at radius 2 is 2.29 bits per heavy atom. The monoisotopic (exact) mass is 198 g/mol. The van der Waals surface area contributed by atoms with Gasteiger partial charge in [-0.3, -0.25) is 0 Å². The topological polar surface area (TPSA) is 25.4 Å². The molecule has 0 aliphatic heterocycles. The molecule has 0 bridgehead atoms. The first kappa shape index (κ1) is 10.9. The largest absolute Gasteiger partial charge is 0.476 e. The van der Waals surface area contributed by atoms with Crippen LogP contribution < -0.4 is 4.74 Å². The standard InChI is InChI=1S/C10H15FN2O/c1-13(7-5-11)8-9-14-10-4-2-3-6-12-10/h2-4,6H,5,7-9H2,1H3. The van der Waals surface area contributed by atoms with Crippen LogP contribution in [0.2, 0.25) is 0 Å². The molecule has 0 spiro atoms. The molecule has 1 heterocycles. The van der Waals surface area contributed by atoms with Gasteiger partial charge in [0, 0.05) is 25.4 Å². The Hall–Kier alpha value is -1.16. The molecule has 1 aromatic rings. The van der Waals surface area contributed by atoms with E-state index in [-0.39, 0.29) is 6.67 Å². The molecule has 3 nitrogen and oxygen atoms in total. The highest BCUT2D eigenvalue weighted by Crippen LogP contribution is 2.02. The van der Waals surface area contributed by atoms with Crippen LogP contribution in [0.4, 0.5) is 4.39 Å². The van der Waals surface area contributed by atoms with Crippen LogP contribution in [0.15, 0.2) is 24.4 Å². The van der Waals surface area contributed by atoms with Gasteiger partial charge in [-0.25, -0.2) is 9.37 Å². The average molecular weight is 198 g/mol. The van der Waals surface area contributed by atoms with Gasteiger partial charge in [0.25, 0.3) is 0 Å². The first-order chi connectivity index (χ1) is 6.83. The van der Waals surface area contributed by atoms with Crippen molar-refractivity contribution in [2.45, 2.75) is 0 Å². The summed E-state index contributed by atoms with van der Waals surface area (Å²) in [4.78, 5) is 5.88. The molecule has 0 radical (unpaired) electrons. The number of nitrogens with zero attached hydrogens (tertiary/aromatic N) is 2. The zero-order valence-electron chi connectivity index (χ0n) is 8.32. The molecule has 1 rings (SSSR count). The maximum absolute atomic E-state index is 11.9. The van der Waals surface area contributed by atoms with Gasteiger partial charge >= 0.3 is 0 Å². The van der Waals surface area contributed by atoms with Gasteiger partial charge in [-0.2, -0.15) is 0 Å². The van der Waals surface area contributed by atoms with Crippen molar-refractivity contribution in [2.24, 2.45) is 0 Å². The Balaban J connectivity index is 2.16. The summed E-state index contributed by atoms with van der Waals surface area (Å²) < 4.78 is 17.2. The average Bonchev–Trinajstić information content (AvgIpc) is 2.20. The van der Waals surface area contributed by atoms with E-state index in [0.29, 0.717) is 25.6 Å². The lowest BCUT2D eigenvalue weighted by Gasteiger charge is -2.14. The summed E-state index contributed by atoms with van der Waals surface area (Å²) in [6, 6.07) is 5.50. The third-order valence-corrected chi connectivity index (χ3v) is 1.83. The van der Waals surface area contributed by atoms with Gasteiger partial charge in [0.15, 0.2) is 0 Å². The van der Waals surface area contributed by atoms with Crippen LogP contribution in [0.25, 0.3) is 0 Å². The Kier molecular flexibility index (Phi) is 4.93. The molecule has 0 unspecified atom stereocenters. The highest BCUT2D eigenvalue weighted by atomic mass is 19.1. The molecule has 4 heteroatoms. The first-order valence-electron chi connectivity index (χ1n) is 4.61. The lowest BCUT2D eigenvalue weighted by molar-refractivity contribution is 0.221. The highest BCUT2D eigenvalue weighted by molar-refractivity contribution is 5.08. The van der Waals surface area contributed by atoms with Gasteiger partial charge in [0.1, 0.15) is 13.3 Å². The number of hydrogen-bond donors (Lipinski definition) is 0. The SMILES string of the molecule is CN(CCF)CCOc1ccccn1. The van der Waals surface area contributed by atoms with Crippen molar-refractivity contribution in [2.75, 3.05) is 33.4 Å². The van der Waals surface area contributed by atoms with E-state index in [2.05, 4.69) is 4.98 Å². The van der Waals surface area contributed by atoms with Gasteiger partial charge in [-0.15, -0.1) is 0 Å². The summed E-state index contributed by atoms with van der Waals surface area (Å²) in [6.45, 7) is 1.37. The number of hydrogen-bond acceptors (Lipinski definition) is 3. The van der Waals surface area contributed by atoms with Gasteiger partial charge < -0.3 is 9.64 Å². The third-order valence-electron chi connectivity index (χ3n) is 1.83. The molecule has 0 saturated carbocycles. The number of likely N-dealkylation sites (N-methyl/N-ethyl adjacent to an activating group) is 1. The fraction of sp³-hybridized carbons (Fsp3) is 0.500. The second-order valence-corrected chi connectivity index (χ2v) is 3.01. The fourth-order valence-electron chi connectivity index (χ4n) is 0.995. The van der Waals surface area contributed by atoms with E-state index in [1.165, 1.54) is 0 Å². The molecule has 0 aliphatic carbocycles. The lowest BCUT2D eigenvalue weighted by atomic mass is 10.5. The lowest BCUT2D eigenvalue weighted by Crippen LogP contribution is -2.26. The number of rotatable bonds is 6. The maximum atomic E-state index is 11.9. The summed E-state index contributed by atoms with van der Waals surface area (Å²) in [5.74, 6) is 0.612. The molecular formula is C10H15FN2O. The Morgan fingerprint density at radius 1 is 1.43 bits per heavy atom. The fourth-order valence-corrected chi connectivity index (χ4v) is 0.995. The van der Waals surface area contributed by atoms with Crippen LogP contribution in [-0.4, -0.2) is 43.3 Å². The van der Waals surface area contributed by atoms with Crippen molar-refractivity contribution in [1.29, 1.82) is 0 Å². The third kappa shape index (κ3) is 4.18. The minimum Gasteiger partial charge on any atom is -0.476 e. The van der Waals surface area contributed by atoms with Gasteiger partial charge in [0.2, 0.25) is 5.88 Å². The number of aromatic nitrogens is 1. The molecular weight excluding hydrogens is 183 g/mol. The molecule has 0 fully saturated rings. The van der Waals surface area contributed by atoms with E-state index in [0.717, 1.165) is 0 Å². The van der Waals surface area contributed by atoms with Gasteiger partial charge in [-0.05, 0) is 13.1 Å². The van der Waals surface area contributed by atoms with Crippen molar-refractivity contribution >= 4 is 0 Å². The van der Waals surface area contributed by atoms with Crippen LogP contribution in [0, 0.1) is 0 Å². The molecule has 0 amide bonds. The smallest absolute Gasteiger partial charge is 0.213 e. The molecule has 0 atom stereocenters. The second kappa shape index (κ2) is 6.32. The number of pyridine rings is 1. The van der Waals surface area contributed by atoms with Crippen LogP contribution in [-0.2, 0) is 0 Å². The van der Waals surface area contributed by atoms with E-state index < -0.39 is 0 Å². The summed E-state index contributed by atoms with van der Waals surface area (Å²) >= 11 is 0. The molecule has 0 saturated heterocycles. The van der Waals surface area contributed by atoms with Crippen LogP contribution in [0.3, 0.4) is 0 Å². The van der Waals surface area contributed by atoms with Crippen molar-refractivity contribution in [3.8, 4) is 5.88 Å². The molecule has 0 aliphatic rings. The quantitative estimate of drug-likeness (QED) is 0.690. The number of halogens is 1. The number of ether oxygens (including phenoxy) is 1. The molecule has 1 aromatic heterocycles. The predicted molar refractivity (Wildman–Crippen MR) is 53.2 cm³/mol. The summed E-state index contributed by atoms with van der Waals surface area (Å²) in [5, 5.41) is 0. The van der Waals surface area contributed by atoms with E-state index in [9.17, 15) is 4.39 Å². The Labute approximate surface area is 83.5 Å². The van der Waals surface area contributed by atoms with Crippen LogP contribution in [0.1, 0.15) is 0 Å². The molecule has 78 valence electrons. The summed E-state index contributed by atoms with van der Waals surface area (Å²) in [7, 11) is 1.86. The Bertz CT molecular complexity index is 243. The zero-order valence-corrected chi connectivity index (χ0v) is 8.32. The molecule has 0 N–H and O–H groups in total. The van der Waals surface area contributed by atoms with Crippen molar-refractivity contribution in [1.82, 2.24) is 9.88 Å². The predicted octanol–water partition coefficient (Wildman–Crippen LogP) is 1.36. The second-order valence-electron chi connectivity index (χ2n) is 3.01. The first-order valence-corrected chi connectivity index (χ1v) is 4.61. The molecule has 0 aromatic carbocycles. The van der Waals surface area contributed by atoms with E-state index >= 15 is 0 Å². The van der Waals surface area contributed by atoms with Gasteiger partial charge in [0.05, 0.1) is 0 Å². The normalized spacial score (nSPS) is 10.5. The summed E-state index contributed by atoms with van der Waals surface area (Å²) in [5.41, 5.74) is 0. The van der Waals surface area contributed by atoms with Crippen molar-refractivity contribution < 1.29 is 9.13 Å². The van der Waals surface area contributed by atoms with E-state index in [4.69, 9.17) is 4.74 Å². The summed E-state index contributed by atoms with van der Waals surface area (Å²) in [6.07, 6.45) is 1.68. The number of alkyl halides is 1. The maximum Gasteiger partial charge on any atom is 0.213 e. The Morgan fingerprint density at radius 3 is 2.93 bits per heavy atom. The van der Waals surface area contributed by atoms with Crippen LogP contribution >= 0.6 is 0 Å². The van der Waals surface area contributed by atoms with E-state index in [1.54, 1.807) is 12.3 Å².